The first kappa shape index (κ1) is 45.9. The Labute approximate surface area is 441 Å². The zero-order valence-corrected chi connectivity index (χ0v) is 43.0. The fraction of sp³-hybridized carbons (Fsp3) is 0.0959. The van der Waals surface area contributed by atoms with Crippen molar-refractivity contribution >= 4 is 38.9 Å². The highest BCUT2D eigenvalue weighted by atomic mass is 15.1. The molecule has 1 heterocycles. The molecule has 1 aliphatic rings. The second kappa shape index (κ2) is 18.8. The summed E-state index contributed by atoms with van der Waals surface area (Å²) in [5.74, 6) is 0.570. The number of anilines is 3. The standard InChI is InChI=1S/C73H58N2/c1-5-49(2)50-20-22-52(23-21-50)53-24-28-57(29-25-53)59-36-44-71-67(46-59)68-47-60(37-45-72(68)75(71)61-16-10-7-11-17-61)58-30-26-54(27-31-58)56-34-40-63(41-35-56)74(62-38-32-55(33-39-62)51-14-8-6-9-15-51)64-42-43-66-65-18-12-13-19-69(65)73(3,4)70(66)48-64/h6-49H,5H2,1-4H3. The molecule has 0 fully saturated rings. The molecule has 0 aliphatic heterocycles. The van der Waals surface area contributed by atoms with E-state index < -0.39 is 0 Å². The molecule has 11 aromatic carbocycles. The Balaban J connectivity index is 0.818. The third kappa shape index (κ3) is 8.24. The highest BCUT2D eigenvalue weighted by molar-refractivity contribution is 6.11. The monoisotopic (exact) mass is 962 g/mol. The maximum absolute atomic E-state index is 2.41. The molecule has 360 valence electrons. The molecule has 0 N–H and O–H groups in total. The van der Waals surface area contributed by atoms with Gasteiger partial charge in [0.2, 0.25) is 0 Å². The van der Waals surface area contributed by atoms with Crippen molar-refractivity contribution in [2.24, 2.45) is 0 Å². The topological polar surface area (TPSA) is 8.17 Å². The van der Waals surface area contributed by atoms with Gasteiger partial charge in [-0.2, -0.15) is 0 Å². The van der Waals surface area contributed by atoms with E-state index in [9.17, 15) is 0 Å². The Bertz CT molecular complexity index is 4010. The number of rotatable bonds is 11. The Morgan fingerprint density at radius 2 is 0.747 bits per heavy atom. The number of nitrogens with zero attached hydrogens (tertiary/aromatic N) is 2. The molecule has 0 bridgehead atoms. The van der Waals surface area contributed by atoms with Crippen LogP contribution >= 0.6 is 0 Å². The van der Waals surface area contributed by atoms with Crippen molar-refractivity contribution < 1.29 is 0 Å². The van der Waals surface area contributed by atoms with Crippen LogP contribution in [0.5, 0.6) is 0 Å². The van der Waals surface area contributed by atoms with E-state index >= 15 is 0 Å². The lowest BCUT2D eigenvalue weighted by atomic mass is 9.82. The zero-order valence-electron chi connectivity index (χ0n) is 43.0. The summed E-state index contributed by atoms with van der Waals surface area (Å²) in [7, 11) is 0. The fourth-order valence-corrected chi connectivity index (χ4v) is 11.7. The fourth-order valence-electron chi connectivity index (χ4n) is 11.7. The highest BCUT2D eigenvalue weighted by Gasteiger charge is 2.35. The Morgan fingerprint density at radius 3 is 1.25 bits per heavy atom. The largest absolute Gasteiger partial charge is 0.310 e. The van der Waals surface area contributed by atoms with E-state index in [0.717, 1.165) is 29.2 Å². The van der Waals surface area contributed by atoms with Gasteiger partial charge in [-0.1, -0.05) is 216 Å². The number of hydrogen-bond donors (Lipinski definition) is 0. The lowest BCUT2D eigenvalue weighted by molar-refractivity contribution is 0.660. The summed E-state index contributed by atoms with van der Waals surface area (Å²) in [5.41, 5.74) is 25.7. The lowest BCUT2D eigenvalue weighted by Gasteiger charge is -2.28. The average molecular weight is 963 g/mol. The van der Waals surface area contributed by atoms with Crippen LogP contribution in [0, 0.1) is 0 Å². The van der Waals surface area contributed by atoms with E-state index in [2.05, 4.69) is 298 Å². The van der Waals surface area contributed by atoms with E-state index in [1.807, 2.05) is 0 Å². The van der Waals surface area contributed by atoms with Gasteiger partial charge in [-0.3, -0.25) is 0 Å². The van der Waals surface area contributed by atoms with Gasteiger partial charge in [0.05, 0.1) is 11.0 Å². The number of benzene rings is 11. The van der Waals surface area contributed by atoms with E-state index in [-0.39, 0.29) is 5.41 Å². The van der Waals surface area contributed by atoms with Crippen molar-refractivity contribution in [1.82, 2.24) is 4.57 Å². The van der Waals surface area contributed by atoms with Gasteiger partial charge < -0.3 is 9.47 Å². The van der Waals surface area contributed by atoms with Crippen LogP contribution in [0.1, 0.15) is 56.7 Å². The molecule has 1 aliphatic carbocycles. The molecule has 75 heavy (non-hydrogen) atoms. The van der Waals surface area contributed by atoms with Gasteiger partial charge in [-0.05, 0) is 169 Å². The summed E-state index contributed by atoms with van der Waals surface area (Å²) in [6.45, 7) is 9.26. The van der Waals surface area contributed by atoms with E-state index in [1.165, 1.54) is 105 Å². The van der Waals surface area contributed by atoms with Crippen molar-refractivity contribution in [2.45, 2.75) is 45.4 Å². The van der Waals surface area contributed by atoms with Crippen LogP contribution in [0.15, 0.2) is 261 Å². The minimum atomic E-state index is -0.105. The molecule has 2 heteroatoms. The molecule has 0 radical (unpaired) electrons. The molecule has 13 rings (SSSR count). The van der Waals surface area contributed by atoms with Crippen LogP contribution < -0.4 is 4.90 Å². The predicted octanol–water partition coefficient (Wildman–Crippen LogP) is 20.4. The normalized spacial score (nSPS) is 12.9. The highest BCUT2D eigenvalue weighted by Crippen LogP contribution is 2.51. The maximum atomic E-state index is 2.41. The van der Waals surface area contributed by atoms with Gasteiger partial charge in [0.1, 0.15) is 0 Å². The zero-order chi connectivity index (χ0) is 50.6. The summed E-state index contributed by atoms with van der Waals surface area (Å²) >= 11 is 0. The van der Waals surface area contributed by atoms with Gasteiger partial charge >= 0.3 is 0 Å². The van der Waals surface area contributed by atoms with Gasteiger partial charge in [0.15, 0.2) is 0 Å². The van der Waals surface area contributed by atoms with Crippen molar-refractivity contribution in [1.29, 1.82) is 0 Å². The number of fused-ring (bicyclic) bond motifs is 6. The smallest absolute Gasteiger partial charge is 0.0541 e. The van der Waals surface area contributed by atoms with Crippen LogP contribution in [-0.2, 0) is 5.41 Å². The summed E-state index contributed by atoms with van der Waals surface area (Å²) in [6.07, 6.45) is 1.15. The third-order valence-electron chi connectivity index (χ3n) is 16.2. The van der Waals surface area contributed by atoms with E-state index in [1.54, 1.807) is 0 Å². The van der Waals surface area contributed by atoms with Crippen molar-refractivity contribution in [3.05, 3.63) is 278 Å². The first-order valence-corrected chi connectivity index (χ1v) is 26.5. The van der Waals surface area contributed by atoms with Crippen LogP contribution in [0.25, 0.3) is 94.3 Å². The Kier molecular flexibility index (Phi) is 11.5. The molecule has 1 atom stereocenters. The number of aromatic nitrogens is 1. The molecule has 1 unspecified atom stereocenters. The van der Waals surface area contributed by atoms with Gasteiger partial charge in [-0.15, -0.1) is 0 Å². The Hall–Kier alpha value is -8.98. The summed E-state index contributed by atoms with van der Waals surface area (Å²) < 4.78 is 2.40. The first-order chi connectivity index (χ1) is 36.8. The molecule has 0 saturated carbocycles. The summed E-state index contributed by atoms with van der Waals surface area (Å²) in [4.78, 5) is 2.40. The predicted molar refractivity (Wildman–Crippen MR) is 319 cm³/mol. The molecule has 1 aromatic heterocycles. The molecule has 0 saturated heterocycles. The second-order valence-corrected chi connectivity index (χ2v) is 20.9. The van der Waals surface area contributed by atoms with Gasteiger partial charge in [0, 0.05) is 38.9 Å². The van der Waals surface area contributed by atoms with Crippen molar-refractivity contribution in [3.8, 4) is 72.4 Å². The lowest BCUT2D eigenvalue weighted by Crippen LogP contribution is -2.16. The summed E-state index contributed by atoms with van der Waals surface area (Å²) in [5, 5.41) is 2.48. The molecule has 2 nitrogen and oxygen atoms in total. The van der Waals surface area contributed by atoms with Crippen LogP contribution in [0.3, 0.4) is 0 Å². The second-order valence-electron chi connectivity index (χ2n) is 20.9. The minimum absolute atomic E-state index is 0.105. The average Bonchev–Trinajstić information content (AvgIpc) is 3.99. The molecular formula is C73H58N2. The maximum Gasteiger partial charge on any atom is 0.0541 e. The SMILES string of the molecule is CCC(C)c1ccc(-c2ccc(-c3ccc4c(c3)c3cc(-c5ccc(-c6ccc(N(c7ccc(-c8ccccc8)cc7)c7ccc8c(c7)C(C)(C)c7ccccc7-8)cc6)cc5)ccc3n4-c3ccccc3)cc2)cc1. The van der Waals surface area contributed by atoms with Gasteiger partial charge in [0.25, 0.3) is 0 Å². The number of hydrogen-bond acceptors (Lipinski definition) is 1. The number of para-hydroxylation sites is 1. The van der Waals surface area contributed by atoms with E-state index in [4.69, 9.17) is 0 Å². The molecule has 12 aromatic rings. The first-order valence-electron chi connectivity index (χ1n) is 26.5. The van der Waals surface area contributed by atoms with Crippen LogP contribution in [0.2, 0.25) is 0 Å². The van der Waals surface area contributed by atoms with Crippen molar-refractivity contribution in [2.75, 3.05) is 4.90 Å². The quantitative estimate of drug-likeness (QED) is 0.125. The summed E-state index contributed by atoms with van der Waals surface area (Å²) in [6, 6.07) is 96.5. The van der Waals surface area contributed by atoms with Gasteiger partial charge in [-0.25, -0.2) is 0 Å². The molecule has 0 amide bonds. The third-order valence-corrected chi connectivity index (χ3v) is 16.2. The minimum Gasteiger partial charge on any atom is -0.310 e. The molecular weight excluding hydrogens is 905 g/mol. The Morgan fingerprint density at radius 1 is 0.360 bits per heavy atom. The van der Waals surface area contributed by atoms with Crippen LogP contribution in [0.4, 0.5) is 17.1 Å². The van der Waals surface area contributed by atoms with E-state index in [0.29, 0.717) is 5.92 Å². The molecule has 0 spiro atoms. The van der Waals surface area contributed by atoms with Crippen molar-refractivity contribution in [3.63, 3.8) is 0 Å². The van der Waals surface area contributed by atoms with Crippen LogP contribution in [-0.4, -0.2) is 4.57 Å².